The maximum absolute atomic E-state index is 12.8. The molecule has 1 aromatic carbocycles. The van der Waals surface area contributed by atoms with Crippen molar-refractivity contribution in [3.63, 3.8) is 0 Å². The van der Waals surface area contributed by atoms with Gasteiger partial charge >= 0.3 is 5.97 Å². The predicted octanol–water partition coefficient (Wildman–Crippen LogP) is 2.03. The zero-order valence-corrected chi connectivity index (χ0v) is 15.6. The first-order valence-corrected chi connectivity index (χ1v) is 9.34. The number of nitrogens with one attached hydrogen (secondary N) is 2. The number of unbranched alkanes of at least 4 members (excludes halogenated alkanes) is 1. The Kier molecular flexibility index (Phi) is 8.58. The highest BCUT2D eigenvalue weighted by Gasteiger charge is 2.39. The van der Waals surface area contributed by atoms with Crippen LogP contribution >= 0.6 is 0 Å². The van der Waals surface area contributed by atoms with Crippen LogP contribution in [0, 0.1) is 5.41 Å². The number of ether oxygens (including phenoxy) is 2. The number of methoxy groups -OCH3 is 1. The summed E-state index contributed by atoms with van der Waals surface area (Å²) < 4.78 is 10.5. The molecule has 144 valence electrons. The van der Waals surface area contributed by atoms with E-state index in [1.165, 1.54) is 7.11 Å². The van der Waals surface area contributed by atoms with Crippen LogP contribution in [0.2, 0.25) is 0 Å². The van der Waals surface area contributed by atoms with E-state index in [-0.39, 0.29) is 11.9 Å². The summed E-state index contributed by atoms with van der Waals surface area (Å²) in [5, 5.41) is 6.35. The van der Waals surface area contributed by atoms with E-state index >= 15 is 0 Å². The fraction of sp³-hybridized carbons (Fsp3) is 0.600. The second kappa shape index (κ2) is 10.9. The van der Waals surface area contributed by atoms with Crippen LogP contribution in [0.5, 0.6) is 0 Å². The molecule has 0 unspecified atom stereocenters. The molecule has 1 amide bonds. The van der Waals surface area contributed by atoms with Gasteiger partial charge in [-0.25, -0.2) is 0 Å². The Balaban J connectivity index is 1.78. The monoisotopic (exact) mass is 362 g/mol. The summed E-state index contributed by atoms with van der Waals surface area (Å²) in [5.74, 6) is -0.148. The lowest BCUT2D eigenvalue weighted by Gasteiger charge is -2.36. The van der Waals surface area contributed by atoms with Crippen LogP contribution in [0.25, 0.3) is 0 Å². The van der Waals surface area contributed by atoms with E-state index in [9.17, 15) is 9.59 Å². The Hall–Kier alpha value is -1.92. The van der Waals surface area contributed by atoms with Gasteiger partial charge in [-0.3, -0.25) is 9.59 Å². The summed E-state index contributed by atoms with van der Waals surface area (Å²) in [7, 11) is 1.39. The van der Waals surface area contributed by atoms with Gasteiger partial charge in [-0.15, -0.1) is 0 Å². The zero-order valence-electron chi connectivity index (χ0n) is 15.6. The van der Waals surface area contributed by atoms with Gasteiger partial charge in [0.15, 0.2) is 0 Å². The van der Waals surface area contributed by atoms with Crippen LogP contribution in [-0.2, 0) is 25.7 Å². The summed E-state index contributed by atoms with van der Waals surface area (Å²) in [6, 6.07) is 10.00. The standard InChI is InChI=1S/C20H30N2O4/c1-25-18(23)9-5-6-12-22-19(24)20(10-13-21-14-11-20)16-26-15-17-7-3-2-4-8-17/h2-4,7-8,21H,5-6,9-16H2,1H3,(H,22,24). The van der Waals surface area contributed by atoms with Crippen LogP contribution in [0.4, 0.5) is 0 Å². The highest BCUT2D eigenvalue weighted by molar-refractivity contribution is 5.83. The van der Waals surface area contributed by atoms with Crippen molar-refractivity contribution in [2.75, 3.05) is 33.4 Å². The van der Waals surface area contributed by atoms with Gasteiger partial charge in [0, 0.05) is 13.0 Å². The lowest BCUT2D eigenvalue weighted by molar-refractivity contribution is -0.140. The molecule has 1 aliphatic rings. The highest BCUT2D eigenvalue weighted by atomic mass is 16.5. The molecule has 1 heterocycles. The summed E-state index contributed by atoms with van der Waals surface area (Å²) in [6.07, 6.45) is 3.42. The number of carbonyl (C=O) groups excluding carboxylic acids is 2. The van der Waals surface area contributed by atoms with Crippen molar-refractivity contribution in [3.05, 3.63) is 35.9 Å². The van der Waals surface area contributed by atoms with Crippen molar-refractivity contribution in [1.82, 2.24) is 10.6 Å². The smallest absolute Gasteiger partial charge is 0.305 e. The number of hydrogen-bond acceptors (Lipinski definition) is 5. The zero-order chi connectivity index (χ0) is 18.7. The minimum absolute atomic E-state index is 0.0603. The van der Waals surface area contributed by atoms with E-state index in [4.69, 9.17) is 4.74 Å². The van der Waals surface area contributed by atoms with Gasteiger partial charge in [0.25, 0.3) is 0 Å². The first-order valence-electron chi connectivity index (χ1n) is 9.34. The first kappa shape index (κ1) is 20.4. The van der Waals surface area contributed by atoms with E-state index in [1.54, 1.807) is 0 Å². The third-order valence-electron chi connectivity index (χ3n) is 4.85. The first-order chi connectivity index (χ1) is 12.7. The number of amides is 1. The highest BCUT2D eigenvalue weighted by Crippen LogP contribution is 2.30. The maximum atomic E-state index is 12.8. The molecule has 0 saturated carbocycles. The molecule has 2 rings (SSSR count). The second-order valence-corrected chi connectivity index (χ2v) is 6.80. The maximum Gasteiger partial charge on any atom is 0.305 e. The average molecular weight is 362 g/mol. The van der Waals surface area contributed by atoms with Gasteiger partial charge in [0.05, 0.1) is 25.7 Å². The minimum atomic E-state index is -0.470. The lowest BCUT2D eigenvalue weighted by Crippen LogP contribution is -2.50. The lowest BCUT2D eigenvalue weighted by atomic mass is 9.78. The van der Waals surface area contributed by atoms with Crippen molar-refractivity contribution in [2.45, 2.75) is 38.7 Å². The quantitative estimate of drug-likeness (QED) is 0.492. The summed E-state index contributed by atoms with van der Waals surface area (Å²) in [4.78, 5) is 23.9. The van der Waals surface area contributed by atoms with Gasteiger partial charge in [-0.1, -0.05) is 30.3 Å². The summed E-state index contributed by atoms with van der Waals surface area (Å²) in [5.41, 5.74) is 0.641. The van der Waals surface area contributed by atoms with Gasteiger partial charge < -0.3 is 20.1 Å². The van der Waals surface area contributed by atoms with Crippen molar-refractivity contribution in [2.24, 2.45) is 5.41 Å². The van der Waals surface area contributed by atoms with Crippen molar-refractivity contribution < 1.29 is 19.1 Å². The fourth-order valence-corrected chi connectivity index (χ4v) is 3.17. The molecule has 6 nitrogen and oxygen atoms in total. The summed E-state index contributed by atoms with van der Waals surface area (Å²) in [6.45, 7) is 3.17. The molecule has 0 aliphatic carbocycles. The Morgan fingerprint density at radius 1 is 1.15 bits per heavy atom. The Morgan fingerprint density at radius 3 is 2.58 bits per heavy atom. The van der Waals surface area contributed by atoms with Crippen molar-refractivity contribution >= 4 is 11.9 Å². The number of benzene rings is 1. The van der Waals surface area contributed by atoms with Crippen LogP contribution in [-0.4, -0.2) is 45.2 Å². The molecule has 1 fully saturated rings. The van der Waals surface area contributed by atoms with E-state index in [0.717, 1.165) is 37.9 Å². The van der Waals surface area contributed by atoms with E-state index in [2.05, 4.69) is 15.4 Å². The molecule has 1 saturated heterocycles. The molecule has 0 radical (unpaired) electrons. The van der Waals surface area contributed by atoms with Crippen LogP contribution in [0.3, 0.4) is 0 Å². The Morgan fingerprint density at radius 2 is 1.88 bits per heavy atom. The number of hydrogen-bond donors (Lipinski definition) is 2. The van der Waals surface area contributed by atoms with Gasteiger partial charge in [0.1, 0.15) is 0 Å². The molecule has 6 heteroatoms. The second-order valence-electron chi connectivity index (χ2n) is 6.80. The van der Waals surface area contributed by atoms with Crippen molar-refractivity contribution in [3.8, 4) is 0 Å². The molecule has 0 bridgehead atoms. The normalized spacial score (nSPS) is 16.0. The summed E-state index contributed by atoms with van der Waals surface area (Å²) >= 11 is 0. The topological polar surface area (TPSA) is 76.7 Å². The predicted molar refractivity (Wildman–Crippen MR) is 99.5 cm³/mol. The van der Waals surface area contributed by atoms with Crippen LogP contribution < -0.4 is 10.6 Å². The molecule has 0 atom stereocenters. The number of rotatable bonds is 10. The van der Waals surface area contributed by atoms with Crippen molar-refractivity contribution in [1.29, 1.82) is 0 Å². The fourth-order valence-electron chi connectivity index (χ4n) is 3.17. The SMILES string of the molecule is COC(=O)CCCCNC(=O)C1(COCc2ccccc2)CCNCC1. The molecule has 1 aromatic rings. The molecule has 0 spiro atoms. The molecule has 26 heavy (non-hydrogen) atoms. The Labute approximate surface area is 155 Å². The number of piperidine rings is 1. The van der Waals surface area contributed by atoms with Crippen LogP contribution in [0.1, 0.15) is 37.7 Å². The molecular formula is C20H30N2O4. The number of esters is 1. The average Bonchev–Trinajstić information content (AvgIpc) is 2.69. The van der Waals surface area contributed by atoms with Gasteiger partial charge in [0.2, 0.25) is 5.91 Å². The van der Waals surface area contributed by atoms with Crippen LogP contribution in [0.15, 0.2) is 30.3 Å². The molecular weight excluding hydrogens is 332 g/mol. The van der Waals surface area contributed by atoms with E-state index in [0.29, 0.717) is 32.6 Å². The molecule has 2 N–H and O–H groups in total. The molecule has 1 aliphatic heterocycles. The third kappa shape index (κ3) is 6.42. The van der Waals surface area contributed by atoms with Gasteiger partial charge in [-0.05, 0) is 44.3 Å². The molecule has 0 aromatic heterocycles. The van der Waals surface area contributed by atoms with E-state index in [1.807, 2.05) is 30.3 Å². The van der Waals surface area contributed by atoms with E-state index < -0.39 is 5.41 Å². The Bertz CT molecular complexity index is 556. The van der Waals surface area contributed by atoms with Gasteiger partial charge in [-0.2, -0.15) is 0 Å². The largest absolute Gasteiger partial charge is 0.469 e. The third-order valence-corrected chi connectivity index (χ3v) is 4.85. The number of carbonyl (C=O) groups is 2. The minimum Gasteiger partial charge on any atom is -0.469 e.